The maximum atomic E-state index is 12.7. The largest absolute Gasteiger partial charge is 0.372 e. The maximum absolute atomic E-state index is 12.7. The molecule has 4 rings (SSSR count). The van der Waals surface area contributed by atoms with Crippen LogP contribution in [-0.2, 0) is 10.0 Å². The van der Waals surface area contributed by atoms with Gasteiger partial charge in [0.15, 0.2) is 0 Å². The van der Waals surface area contributed by atoms with Crippen LogP contribution in [0.4, 0.5) is 17.1 Å². The van der Waals surface area contributed by atoms with E-state index in [9.17, 15) is 13.2 Å². The van der Waals surface area contributed by atoms with E-state index >= 15 is 0 Å². The fourth-order valence-corrected chi connectivity index (χ4v) is 4.99. The van der Waals surface area contributed by atoms with Crippen LogP contribution in [0.3, 0.4) is 0 Å². The molecule has 32 heavy (non-hydrogen) atoms. The number of nitrogens with zero attached hydrogens (tertiary/aromatic N) is 1. The fourth-order valence-electron chi connectivity index (χ4n) is 3.83. The molecule has 6 nitrogen and oxygen atoms in total. The summed E-state index contributed by atoms with van der Waals surface area (Å²) in [7, 11) is -3.69. The molecule has 1 heterocycles. The SMILES string of the molecule is Cc1cc(C(=O)Nc2ccc(N3CCCCC3)cc2)ccc1NS(=O)(=O)c1ccccc1. The molecule has 0 saturated carbocycles. The highest BCUT2D eigenvalue weighted by molar-refractivity contribution is 7.92. The van der Waals surface area contributed by atoms with Gasteiger partial charge in [-0.1, -0.05) is 18.2 Å². The van der Waals surface area contributed by atoms with Crippen LogP contribution in [0.2, 0.25) is 0 Å². The van der Waals surface area contributed by atoms with Crippen LogP contribution < -0.4 is 14.9 Å². The molecule has 3 aromatic carbocycles. The fraction of sp³-hybridized carbons (Fsp3) is 0.240. The van der Waals surface area contributed by atoms with E-state index in [4.69, 9.17) is 0 Å². The van der Waals surface area contributed by atoms with E-state index in [2.05, 4.69) is 14.9 Å². The molecule has 1 fully saturated rings. The molecule has 0 aromatic heterocycles. The Balaban J connectivity index is 1.43. The summed E-state index contributed by atoms with van der Waals surface area (Å²) in [6.45, 7) is 3.92. The first-order valence-corrected chi connectivity index (χ1v) is 12.3. The first-order chi connectivity index (χ1) is 15.4. The molecule has 2 N–H and O–H groups in total. The van der Waals surface area contributed by atoms with Gasteiger partial charge in [-0.3, -0.25) is 9.52 Å². The van der Waals surface area contributed by atoms with Crippen molar-refractivity contribution in [1.82, 2.24) is 0 Å². The van der Waals surface area contributed by atoms with E-state index in [1.807, 2.05) is 24.3 Å². The van der Waals surface area contributed by atoms with Gasteiger partial charge in [0.05, 0.1) is 10.6 Å². The third-order valence-electron chi connectivity index (χ3n) is 5.63. The van der Waals surface area contributed by atoms with E-state index in [-0.39, 0.29) is 10.8 Å². The minimum Gasteiger partial charge on any atom is -0.372 e. The Kier molecular flexibility index (Phi) is 6.46. The van der Waals surface area contributed by atoms with E-state index in [1.165, 1.54) is 37.1 Å². The van der Waals surface area contributed by atoms with Crippen molar-refractivity contribution in [3.63, 3.8) is 0 Å². The van der Waals surface area contributed by atoms with Gasteiger partial charge in [-0.05, 0) is 86.3 Å². The monoisotopic (exact) mass is 449 g/mol. The van der Waals surface area contributed by atoms with Crippen molar-refractivity contribution in [3.05, 3.63) is 83.9 Å². The number of carbonyl (C=O) groups excluding carboxylic acids is 1. The predicted octanol–water partition coefficient (Wildman–Crippen LogP) is 5.04. The van der Waals surface area contributed by atoms with E-state index in [0.29, 0.717) is 16.8 Å². The molecule has 7 heteroatoms. The zero-order valence-corrected chi connectivity index (χ0v) is 18.9. The van der Waals surface area contributed by atoms with Crippen LogP contribution in [0, 0.1) is 6.92 Å². The molecule has 0 atom stereocenters. The Morgan fingerprint density at radius 2 is 1.56 bits per heavy atom. The highest BCUT2D eigenvalue weighted by Crippen LogP contribution is 2.24. The van der Waals surface area contributed by atoms with Crippen molar-refractivity contribution in [3.8, 4) is 0 Å². The van der Waals surface area contributed by atoms with Crippen molar-refractivity contribution >= 4 is 33.0 Å². The van der Waals surface area contributed by atoms with Gasteiger partial charge >= 0.3 is 0 Å². The summed E-state index contributed by atoms with van der Waals surface area (Å²) < 4.78 is 27.7. The summed E-state index contributed by atoms with van der Waals surface area (Å²) >= 11 is 0. The van der Waals surface area contributed by atoms with Gasteiger partial charge in [0.2, 0.25) is 0 Å². The number of piperidine rings is 1. The van der Waals surface area contributed by atoms with E-state index in [1.54, 1.807) is 43.3 Å². The molecule has 1 saturated heterocycles. The Bertz CT molecular complexity index is 1190. The normalized spacial score (nSPS) is 14.1. The van der Waals surface area contributed by atoms with Crippen molar-refractivity contribution in [2.24, 2.45) is 0 Å². The van der Waals surface area contributed by atoms with Crippen LogP contribution in [0.5, 0.6) is 0 Å². The molecule has 0 aliphatic carbocycles. The minimum absolute atomic E-state index is 0.189. The second-order valence-corrected chi connectivity index (χ2v) is 9.68. The first-order valence-electron chi connectivity index (χ1n) is 10.8. The third kappa shape index (κ3) is 5.11. The topological polar surface area (TPSA) is 78.5 Å². The molecule has 1 aliphatic rings. The Morgan fingerprint density at radius 1 is 0.875 bits per heavy atom. The third-order valence-corrected chi connectivity index (χ3v) is 7.01. The molecule has 0 unspecified atom stereocenters. The van der Waals surface area contributed by atoms with Crippen molar-refractivity contribution in [2.45, 2.75) is 31.1 Å². The summed E-state index contributed by atoms with van der Waals surface area (Å²) in [5, 5.41) is 2.91. The maximum Gasteiger partial charge on any atom is 0.261 e. The highest BCUT2D eigenvalue weighted by atomic mass is 32.2. The van der Waals surface area contributed by atoms with Crippen molar-refractivity contribution in [2.75, 3.05) is 28.0 Å². The Labute approximate surface area is 189 Å². The quantitative estimate of drug-likeness (QED) is 0.553. The van der Waals surface area contributed by atoms with Gasteiger partial charge in [0.25, 0.3) is 15.9 Å². The number of anilines is 3. The molecular weight excluding hydrogens is 422 g/mol. The number of carbonyl (C=O) groups is 1. The average Bonchev–Trinajstić information content (AvgIpc) is 2.82. The van der Waals surface area contributed by atoms with Crippen molar-refractivity contribution < 1.29 is 13.2 Å². The lowest BCUT2D eigenvalue weighted by atomic mass is 10.1. The second-order valence-electron chi connectivity index (χ2n) is 8.00. The number of sulfonamides is 1. The number of amides is 1. The van der Waals surface area contributed by atoms with Gasteiger partial charge in [-0.15, -0.1) is 0 Å². The van der Waals surface area contributed by atoms with Crippen LogP contribution in [0.15, 0.2) is 77.7 Å². The Morgan fingerprint density at radius 3 is 2.22 bits per heavy atom. The number of rotatable bonds is 6. The first kappa shape index (κ1) is 21.9. The van der Waals surface area contributed by atoms with Crippen molar-refractivity contribution in [1.29, 1.82) is 0 Å². The molecule has 1 aliphatic heterocycles. The number of aryl methyl sites for hydroxylation is 1. The summed E-state index contributed by atoms with van der Waals surface area (Å²) in [5.74, 6) is -0.240. The number of nitrogens with one attached hydrogen (secondary N) is 2. The van der Waals surface area contributed by atoms with Gasteiger partial charge in [-0.2, -0.15) is 0 Å². The minimum atomic E-state index is -3.69. The molecular formula is C25H27N3O3S. The molecule has 3 aromatic rings. The van der Waals surface area contributed by atoms with Gasteiger partial charge in [-0.25, -0.2) is 8.42 Å². The van der Waals surface area contributed by atoms with Gasteiger partial charge in [0, 0.05) is 30.0 Å². The second kappa shape index (κ2) is 9.44. The predicted molar refractivity (Wildman–Crippen MR) is 129 cm³/mol. The lowest BCUT2D eigenvalue weighted by Gasteiger charge is -2.28. The zero-order chi connectivity index (χ0) is 22.6. The molecule has 0 radical (unpaired) electrons. The van der Waals surface area contributed by atoms with Crippen LogP contribution in [0.1, 0.15) is 35.2 Å². The number of hydrogen-bond donors (Lipinski definition) is 2. The number of hydrogen-bond acceptors (Lipinski definition) is 4. The average molecular weight is 450 g/mol. The molecule has 0 bridgehead atoms. The zero-order valence-electron chi connectivity index (χ0n) is 18.0. The molecule has 0 spiro atoms. The lowest BCUT2D eigenvalue weighted by molar-refractivity contribution is 0.102. The Hall–Kier alpha value is -3.32. The summed E-state index contributed by atoms with van der Waals surface area (Å²) in [6, 6.07) is 21.0. The molecule has 1 amide bonds. The summed E-state index contributed by atoms with van der Waals surface area (Å²) in [5.41, 5.74) is 3.47. The molecule has 166 valence electrons. The van der Waals surface area contributed by atoms with Gasteiger partial charge in [0.1, 0.15) is 0 Å². The lowest BCUT2D eigenvalue weighted by Crippen LogP contribution is -2.29. The smallest absolute Gasteiger partial charge is 0.261 e. The van der Waals surface area contributed by atoms with E-state index < -0.39 is 10.0 Å². The summed E-state index contributed by atoms with van der Waals surface area (Å²) in [6.07, 6.45) is 3.72. The van der Waals surface area contributed by atoms with E-state index in [0.717, 1.165) is 18.8 Å². The highest BCUT2D eigenvalue weighted by Gasteiger charge is 2.16. The standard InChI is InChI=1S/C25H27N3O3S/c1-19-18-20(10-15-24(19)27-32(30,31)23-8-4-2-5-9-23)25(29)26-21-11-13-22(14-12-21)28-16-6-3-7-17-28/h2,4-5,8-15,18,27H,3,6-7,16-17H2,1H3,(H,26,29). The number of benzene rings is 3. The van der Waals surface area contributed by atoms with Crippen LogP contribution >= 0.6 is 0 Å². The van der Waals surface area contributed by atoms with Crippen LogP contribution in [-0.4, -0.2) is 27.4 Å². The van der Waals surface area contributed by atoms with Gasteiger partial charge < -0.3 is 10.2 Å². The summed E-state index contributed by atoms with van der Waals surface area (Å²) in [4.78, 5) is 15.3. The van der Waals surface area contributed by atoms with Crippen LogP contribution in [0.25, 0.3) is 0 Å².